The minimum Gasteiger partial charge on any atom is -0.399 e. The van der Waals surface area contributed by atoms with Crippen LogP contribution < -0.4 is 0 Å². The van der Waals surface area contributed by atoms with E-state index in [9.17, 15) is 0 Å². The van der Waals surface area contributed by atoms with Crippen molar-refractivity contribution in [2.24, 2.45) is 0 Å². The summed E-state index contributed by atoms with van der Waals surface area (Å²) in [5.74, 6) is 5.78. The highest BCUT2D eigenvalue weighted by Gasteiger charge is 2.25. The molecule has 0 N–H and O–H groups in total. The summed E-state index contributed by atoms with van der Waals surface area (Å²) in [6.07, 6.45) is 1.12. The molecule has 8 heavy (non-hydrogen) atoms. The van der Waals surface area contributed by atoms with Gasteiger partial charge in [0.25, 0.3) is 0 Å². The second-order valence-corrected chi connectivity index (χ2v) is 1.87. The van der Waals surface area contributed by atoms with Crippen molar-refractivity contribution in [3.8, 4) is 11.8 Å². The van der Waals surface area contributed by atoms with Crippen LogP contribution in [0.15, 0.2) is 0 Å². The molecule has 1 heterocycles. The van der Waals surface area contributed by atoms with Gasteiger partial charge in [0.2, 0.25) is 0 Å². The van der Waals surface area contributed by atoms with Gasteiger partial charge in [0.05, 0.1) is 0 Å². The zero-order chi connectivity index (χ0) is 5.40. The summed E-state index contributed by atoms with van der Waals surface area (Å²) in [5.41, 5.74) is 0. The number of fused-ring (bicyclic) bond motifs is 2. The Labute approximate surface area is 48.5 Å². The number of hydrogen-bond donors (Lipinski definition) is 0. The Bertz CT molecular complexity index is 144. The highest BCUT2D eigenvalue weighted by atomic mass is 16.6. The van der Waals surface area contributed by atoms with Crippen LogP contribution in [0.5, 0.6) is 0 Å². The van der Waals surface area contributed by atoms with Gasteiger partial charge in [0.15, 0.2) is 0 Å². The zero-order valence-electron chi connectivity index (χ0n) is 4.26. The molecule has 0 aromatic rings. The molecule has 2 nitrogen and oxygen atoms in total. The molecule has 2 unspecified atom stereocenters. The molecule has 1 aliphatic heterocycles. The lowest BCUT2D eigenvalue weighted by Crippen LogP contribution is -2.26. The molecule has 39 valence electrons. The lowest BCUT2D eigenvalue weighted by molar-refractivity contribution is 0.0976. The van der Waals surface area contributed by atoms with Crippen LogP contribution in [0.3, 0.4) is 0 Å². The van der Waals surface area contributed by atoms with Gasteiger partial charge in [-0.2, -0.15) is 0 Å². The molecule has 2 aliphatic rings. The van der Waals surface area contributed by atoms with Crippen LogP contribution in [0.1, 0.15) is 6.42 Å². The molecule has 0 amide bonds. The fraction of sp³-hybridized carbons (Fsp3) is 0.600. The maximum Gasteiger partial charge on any atom is 0.489 e. The third-order valence-electron chi connectivity index (χ3n) is 1.27. The van der Waals surface area contributed by atoms with E-state index in [1.54, 1.807) is 0 Å². The maximum absolute atomic E-state index is 4.95. The molecule has 1 fully saturated rings. The van der Waals surface area contributed by atoms with Gasteiger partial charge in [0.1, 0.15) is 12.2 Å². The predicted octanol–water partition coefficient (Wildman–Crippen LogP) is -0.288. The van der Waals surface area contributed by atoms with Crippen molar-refractivity contribution in [1.29, 1.82) is 0 Å². The maximum atomic E-state index is 4.95. The van der Waals surface area contributed by atoms with Crippen LogP contribution in [0.25, 0.3) is 0 Å². The Morgan fingerprint density at radius 2 is 1.88 bits per heavy atom. The van der Waals surface area contributed by atoms with Gasteiger partial charge < -0.3 is 9.31 Å². The monoisotopic (exact) mass is 107 g/mol. The standard InChI is InChI=1S/C5H4BO2/c1-2-5-3-4(1)7-6-8-5/h4-5H,3H2. The molecule has 0 spiro atoms. The van der Waals surface area contributed by atoms with Gasteiger partial charge in [-0.25, -0.2) is 0 Å². The normalized spacial score (nSPS) is 40.0. The van der Waals surface area contributed by atoms with Crippen molar-refractivity contribution in [3.05, 3.63) is 0 Å². The molecule has 2 atom stereocenters. The summed E-state index contributed by atoms with van der Waals surface area (Å²) < 4.78 is 9.90. The van der Waals surface area contributed by atoms with Crippen molar-refractivity contribution in [2.75, 3.05) is 0 Å². The van der Waals surface area contributed by atoms with Gasteiger partial charge in [-0.05, 0) is 0 Å². The number of rotatable bonds is 0. The third kappa shape index (κ3) is 0.541. The van der Waals surface area contributed by atoms with E-state index in [0.29, 0.717) is 0 Å². The summed E-state index contributed by atoms with van der Waals surface area (Å²) in [5, 5.41) is 0. The third-order valence-corrected chi connectivity index (χ3v) is 1.27. The Hall–Kier alpha value is -0.455. The summed E-state index contributed by atoms with van der Waals surface area (Å²) in [6, 6.07) is 0. The molecule has 2 rings (SSSR count). The minimum absolute atomic E-state index is 0.119. The quantitative estimate of drug-likeness (QED) is 0.313. The number of hydrogen-bond acceptors (Lipinski definition) is 2. The minimum atomic E-state index is 0.119. The Balaban J connectivity index is 2.17. The van der Waals surface area contributed by atoms with E-state index in [0.717, 1.165) is 6.42 Å². The Morgan fingerprint density at radius 1 is 1.25 bits per heavy atom. The first kappa shape index (κ1) is 4.43. The van der Waals surface area contributed by atoms with Crippen molar-refractivity contribution >= 4 is 7.69 Å². The summed E-state index contributed by atoms with van der Waals surface area (Å²) in [7, 11) is 1.37. The van der Waals surface area contributed by atoms with E-state index in [1.165, 1.54) is 7.69 Å². The van der Waals surface area contributed by atoms with Crippen LogP contribution in [0.2, 0.25) is 0 Å². The molecule has 1 radical (unpaired) electrons. The summed E-state index contributed by atoms with van der Waals surface area (Å²) in [4.78, 5) is 0. The van der Waals surface area contributed by atoms with Crippen molar-refractivity contribution < 1.29 is 9.31 Å². The van der Waals surface area contributed by atoms with Gasteiger partial charge in [-0.15, -0.1) is 0 Å². The second-order valence-electron chi connectivity index (χ2n) is 1.87. The van der Waals surface area contributed by atoms with E-state index in [2.05, 4.69) is 11.8 Å². The van der Waals surface area contributed by atoms with E-state index in [4.69, 9.17) is 9.31 Å². The first-order chi connectivity index (χ1) is 3.95. The molecular weight excluding hydrogens is 103 g/mol. The smallest absolute Gasteiger partial charge is 0.399 e. The average Bonchev–Trinajstić information content (AvgIpc) is 2.12. The van der Waals surface area contributed by atoms with Gasteiger partial charge in [0, 0.05) is 6.42 Å². The first-order valence-electron chi connectivity index (χ1n) is 2.59. The van der Waals surface area contributed by atoms with Crippen LogP contribution in [-0.2, 0) is 9.31 Å². The van der Waals surface area contributed by atoms with E-state index in [-0.39, 0.29) is 12.2 Å². The van der Waals surface area contributed by atoms with Gasteiger partial charge >= 0.3 is 7.69 Å². The van der Waals surface area contributed by atoms with Crippen LogP contribution in [-0.4, -0.2) is 19.9 Å². The van der Waals surface area contributed by atoms with E-state index >= 15 is 0 Å². The van der Waals surface area contributed by atoms with E-state index < -0.39 is 0 Å². The summed E-state index contributed by atoms with van der Waals surface area (Å²) in [6.45, 7) is 0. The molecular formula is C5H4BO2. The van der Waals surface area contributed by atoms with Crippen molar-refractivity contribution in [2.45, 2.75) is 18.6 Å². The molecule has 1 saturated heterocycles. The molecule has 3 heteroatoms. The molecule has 2 bridgehead atoms. The van der Waals surface area contributed by atoms with E-state index in [1.807, 2.05) is 0 Å². The van der Waals surface area contributed by atoms with Crippen molar-refractivity contribution in [1.82, 2.24) is 0 Å². The highest BCUT2D eigenvalue weighted by Crippen LogP contribution is 2.15. The lowest BCUT2D eigenvalue weighted by Gasteiger charge is -2.17. The molecule has 0 saturated carbocycles. The van der Waals surface area contributed by atoms with Crippen LogP contribution in [0, 0.1) is 11.8 Å². The molecule has 1 aliphatic carbocycles. The van der Waals surface area contributed by atoms with Crippen LogP contribution >= 0.6 is 0 Å². The largest absolute Gasteiger partial charge is 0.489 e. The Morgan fingerprint density at radius 3 is 2.38 bits per heavy atom. The first-order valence-corrected chi connectivity index (χ1v) is 2.59. The van der Waals surface area contributed by atoms with Gasteiger partial charge in [-0.1, -0.05) is 11.8 Å². The topological polar surface area (TPSA) is 18.5 Å². The highest BCUT2D eigenvalue weighted by molar-refractivity contribution is 6.18. The lowest BCUT2D eigenvalue weighted by atomic mass is 10.2. The van der Waals surface area contributed by atoms with Crippen molar-refractivity contribution in [3.63, 3.8) is 0 Å². The Kier molecular flexibility index (Phi) is 0.835. The molecule has 0 aromatic carbocycles. The fourth-order valence-corrected chi connectivity index (χ4v) is 0.844. The average molecular weight is 107 g/mol. The second kappa shape index (κ2) is 1.51. The van der Waals surface area contributed by atoms with Gasteiger partial charge in [-0.3, -0.25) is 0 Å². The fourth-order valence-electron chi connectivity index (χ4n) is 0.844. The van der Waals surface area contributed by atoms with Crippen LogP contribution in [0.4, 0.5) is 0 Å². The zero-order valence-corrected chi connectivity index (χ0v) is 4.26. The predicted molar refractivity (Wildman–Crippen MR) is 27.9 cm³/mol. The summed E-state index contributed by atoms with van der Waals surface area (Å²) >= 11 is 0. The SMILES string of the molecule is [B]1OC2C#CC(C2)O1. The molecule has 0 aromatic heterocycles.